The van der Waals surface area contributed by atoms with E-state index in [1.165, 1.54) is 0 Å². The van der Waals surface area contributed by atoms with Crippen molar-refractivity contribution in [2.45, 2.75) is 32.2 Å². The molecule has 4 nitrogen and oxygen atoms in total. The van der Waals surface area contributed by atoms with Crippen LogP contribution in [-0.4, -0.2) is 31.4 Å². The number of rotatable bonds is 7. The summed E-state index contributed by atoms with van der Waals surface area (Å²) in [5.41, 5.74) is 0.396. The molecule has 2 N–H and O–H groups in total. The van der Waals surface area contributed by atoms with E-state index >= 15 is 0 Å². The number of hydrogen-bond donors (Lipinski definition) is 2. The molecule has 0 saturated heterocycles. The molecule has 1 aromatic rings. The number of aliphatic hydroxyl groups excluding tert-OH is 1. The first-order valence-corrected chi connectivity index (χ1v) is 7.66. The summed E-state index contributed by atoms with van der Waals surface area (Å²) in [5, 5.41) is 8.87. The van der Waals surface area contributed by atoms with Gasteiger partial charge in [-0.3, -0.25) is 0 Å². The van der Waals surface area contributed by atoms with Gasteiger partial charge >= 0.3 is 0 Å². The second-order valence-electron chi connectivity index (χ2n) is 5.01. The van der Waals surface area contributed by atoms with Gasteiger partial charge in [0.2, 0.25) is 10.0 Å². The molecular formula is C13H21NO3S. The summed E-state index contributed by atoms with van der Waals surface area (Å²) in [6, 6.07) is 9.51. The molecule has 0 aliphatic heterocycles. The lowest BCUT2D eigenvalue weighted by molar-refractivity contribution is 0.246. The van der Waals surface area contributed by atoms with Gasteiger partial charge in [0.25, 0.3) is 0 Å². The van der Waals surface area contributed by atoms with Crippen molar-refractivity contribution >= 4 is 10.0 Å². The molecule has 0 aromatic heterocycles. The first-order chi connectivity index (χ1) is 8.35. The molecule has 0 aliphatic carbocycles. The third-order valence-corrected chi connectivity index (χ3v) is 4.28. The van der Waals surface area contributed by atoms with Crippen molar-refractivity contribution in [1.29, 1.82) is 0 Å². The molecule has 1 aromatic carbocycles. The van der Waals surface area contributed by atoms with Crippen LogP contribution in [0.15, 0.2) is 30.3 Å². The van der Waals surface area contributed by atoms with Gasteiger partial charge in [-0.25, -0.2) is 13.1 Å². The van der Waals surface area contributed by atoms with Gasteiger partial charge in [0, 0.05) is 12.1 Å². The number of benzene rings is 1. The van der Waals surface area contributed by atoms with Crippen molar-refractivity contribution in [2.75, 3.05) is 12.4 Å². The Bertz CT molecular complexity index is 454. The second kappa shape index (κ2) is 6.31. The Labute approximate surface area is 109 Å². The first-order valence-electron chi connectivity index (χ1n) is 6.01. The second-order valence-corrected chi connectivity index (χ2v) is 6.86. The maximum atomic E-state index is 11.9. The van der Waals surface area contributed by atoms with E-state index in [-0.39, 0.29) is 12.4 Å². The standard InChI is InChI=1S/C13H21NO3S/c1-13(2,9-10-15)14-18(16,17)11-8-12-6-4-3-5-7-12/h3-7,14-15H,8-11H2,1-2H3. The highest BCUT2D eigenvalue weighted by Crippen LogP contribution is 2.10. The van der Waals surface area contributed by atoms with Gasteiger partial charge in [-0.1, -0.05) is 30.3 Å². The molecule has 0 bridgehead atoms. The van der Waals surface area contributed by atoms with Crippen LogP contribution in [0.5, 0.6) is 0 Å². The minimum atomic E-state index is -3.32. The molecule has 0 atom stereocenters. The van der Waals surface area contributed by atoms with E-state index in [0.29, 0.717) is 12.8 Å². The summed E-state index contributed by atoms with van der Waals surface area (Å²) in [4.78, 5) is 0. The van der Waals surface area contributed by atoms with Gasteiger partial charge in [-0.05, 0) is 32.3 Å². The molecule has 0 aliphatic rings. The van der Waals surface area contributed by atoms with Gasteiger partial charge in [0.15, 0.2) is 0 Å². The molecular weight excluding hydrogens is 250 g/mol. The fraction of sp³-hybridized carbons (Fsp3) is 0.538. The van der Waals surface area contributed by atoms with E-state index in [1.54, 1.807) is 13.8 Å². The summed E-state index contributed by atoms with van der Waals surface area (Å²) in [6.07, 6.45) is 0.892. The van der Waals surface area contributed by atoms with E-state index in [9.17, 15) is 8.42 Å². The number of aryl methyl sites for hydroxylation is 1. The lowest BCUT2D eigenvalue weighted by Crippen LogP contribution is -2.45. The third-order valence-electron chi connectivity index (χ3n) is 2.67. The van der Waals surface area contributed by atoms with Gasteiger partial charge < -0.3 is 5.11 Å². The minimum Gasteiger partial charge on any atom is -0.396 e. The Kier molecular flexibility index (Phi) is 5.31. The Balaban J connectivity index is 2.55. The van der Waals surface area contributed by atoms with Crippen molar-refractivity contribution in [3.8, 4) is 0 Å². The summed E-state index contributed by atoms with van der Waals surface area (Å²) in [6.45, 7) is 3.50. The molecule has 0 fully saturated rings. The van der Waals surface area contributed by atoms with Crippen LogP contribution in [0.4, 0.5) is 0 Å². The normalized spacial score (nSPS) is 12.6. The largest absolute Gasteiger partial charge is 0.396 e. The number of aliphatic hydroxyl groups is 1. The first kappa shape index (κ1) is 15.1. The van der Waals surface area contributed by atoms with Gasteiger partial charge in [-0.2, -0.15) is 0 Å². The van der Waals surface area contributed by atoms with Crippen molar-refractivity contribution in [3.05, 3.63) is 35.9 Å². The quantitative estimate of drug-likeness (QED) is 0.786. The summed E-state index contributed by atoms with van der Waals surface area (Å²) in [5.74, 6) is 0.0614. The predicted octanol–water partition coefficient (Wildman–Crippen LogP) is 1.31. The Hall–Kier alpha value is -0.910. The van der Waals surface area contributed by atoms with E-state index in [2.05, 4.69) is 4.72 Å². The highest BCUT2D eigenvalue weighted by atomic mass is 32.2. The molecule has 0 spiro atoms. The van der Waals surface area contributed by atoms with Gasteiger partial charge in [-0.15, -0.1) is 0 Å². The van der Waals surface area contributed by atoms with Crippen LogP contribution in [0.3, 0.4) is 0 Å². The van der Waals surface area contributed by atoms with Crippen LogP contribution in [0.2, 0.25) is 0 Å². The van der Waals surface area contributed by atoms with Crippen molar-refractivity contribution in [2.24, 2.45) is 0 Å². The van der Waals surface area contributed by atoms with Crippen LogP contribution in [-0.2, 0) is 16.4 Å². The van der Waals surface area contributed by atoms with Crippen molar-refractivity contribution in [1.82, 2.24) is 4.72 Å². The monoisotopic (exact) mass is 271 g/mol. The van der Waals surface area contributed by atoms with Crippen LogP contribution in [0.25, 0.3) is 0 Å². The van der Waals surface area contributed by atoms with Crippen LogP contribution in [0.1, 0.15) is 25.8 Å². The zero-order valence-corrected chi connectivity index (χ0v) is 11.7. The van der Waals surface area contributed by atoms with Crippen LogP contribution < -0.4 is 4.72 Å². The average Bonchev–Trinajstić information content (AvgIpc) is 2.26. The number of hydrogen-bond acceptors (Lipinski definition) is 3. The molecule has 0 heterocycles. The van der Waals surface area contributed by atoms with Gasteiger partial charge in [0.05, 0.1) is 5.75 Å². The molecule has 0 saturated carbocycles. The lowest BCUT2D eigenvalue weighted by atomic mass is 10.0. The van der Waals surface area contributed by atoms with E-state index < -0.39 is 15.6 Å². The highest BCUT2D eigenvalue weighted by molar-refractivity contribution is 7.89. The molecule has 1 rings (SSSR count). The SMILES string of the molecule is CC(C)(CCO)NS(=O)(=O)CCc1ccccc1. The van der Waals surface area contributed by atoms with E-state index in [0.717, 1.165) is 5.56 Å². The minimum absolute atomic E-state index is 0.0335. The lowest BCUT2D eigenvalue weighted by Gasteiger charge is -2.24. The van der Waals surface area contributed by atoms with Crippen molar-refractivity contribution < 1.29 is 13.5 Å². The zero-order chi connectivity index (χ0) is 13.6. The molecule has 0 radical (unpaired) electrons. The van der Waals surface area contributed by atoms with Crippen molar-refractivity contribution in [3.63, 3.8) is 0 Å². The molecule has 0 unspecified atom stereocenters. The number of sulfonamides is 1. The van der Waals surface area contributed by atoms with E-state index in [1.807, 2.05) is 30.3 Å². The Morgan fingerprint density at radius 1 is 1.22 bits per heavy atom. The van der Waals surface area contributed by atoms with Crippen LogP contribution in [0, 0.1) is 0 Å². The third kappa shape index (κ3) is 5.62. The molecule has 5 heteroatoms. The Morgan fingerprint density at radius 3 is 2.39 bits per heavy atom. The molecule has 102 valence electrons. The molecule has 18 heavy (non-hydrogen) atoms. The smallest absolute Gasteiger partial charge is 0.212 e. The summed E-state index contributed by atoms with van der Waals surface area (Å²) < 4.78 is 26.4. The van der Waals surface area contributed by atoms with Gasteiger partial charge in [0.1, 0.15) is 0 Å². The maximum absolute atomic E-state index is 11.9. The predicted molar refractivity (Wildman–Crippen MR) is 72.9 cm³/mol. The average molecular weight is 271 g/mol. The number of nitrogens with one attached hydrogen (secondary N) is 1. The summed E-state index contributed by atoms with van der Waals surface area (Å²) in [7, 11) is -3.32. The maximum Gasteiger partial charge on any atom is 0.212 e. The topological polar surface area (TPSA) is 66.4 Å². The summed E-state index contributed by atoms with van der Waals surface area (Å²) >= 11 is 0. The highest BCUT2D eigenvalue weighted by Gasteiger charge is 2.23. The fourth-order valence-electron chi connectivity index (χ4n) is 1.70. The van der Waals surface area contributed by atoms with Crippen LogP contribution >= 0.6 is 0 Å². The zero-order valence-electron chi connectivity index (χ0n) is 10.9. The Morgan fingerprint density at radius 2 is 1.83 bits per heavy atom. The fourth-order valence-corrected chi connectivity index (χ4v) is 3.25. The molecule has 0 amide bonds. The van der Waals surface area contributed by atoms with E-state index in [4.69, 9.17) is 5.11 Å².